The number of nitrogens with zero attached hydrogens (tertiary/aromatic N) is 2. The van der Waals surface area contributed by atoms with Gasteiger partial charge in [0.15, 0.2) is 0 Å². The Bertz CT molecular complexity index is 713. The van der Waals surface area contributed by atoms with Crippen molar-refractivity contribution in [1.82, 2.24) is 9.97 Å². The van der Waals surface area contributed by atoms with Crippen LogP contribution in [0.15, 0.2) is 55.0 Å². The van der Waals surface area contributed by atoms with Crippen molar-refractivity contribution in [3.63, 3.8) is 0 Å². The van der Waals surface area contributed by atoms with Crippen molar-refractivity contribution in [2.75, 3.05) is 12.3 Å². The average molecular weight is 265 g/mol. The van der Waals surface area contributed by atoms with Crippen molar-refractivity contribution < 1.29 is 4.74 Å². The van der Waals surface area contributed by atoms with E-state index in [4.69, 9.17) is 10.5 Å². The first-order valence-electron chi connectivity index (χ1n) is 6.49. The number of rotatable bonds is 4. The highest BCUT2D eigenvalue weighted by atomic mass is 16.5. The number of hydrogen-bond donors (Lipinski definition) is 1. The fourth-order valence-corrected chi connectivity index (χ4v) is 2.11. The summed E-state index contributed by atoms with van der Waals surface area (Å²) in [7, 11) is 0. The summed E-state index contributed by atoms with van der Waals surface area (Å²) in [5.74, 6) is 0.763. The number of hydrogen-bond acceptors (Lipinski definition) is 4. The number of nitrogen functional groups attached to an aromatic ring is 1. The lowest BCUT2D eigenvalue weighted by Crippen LogP contribution is -2.03. The van der Waals surface area contributed by atoms with Gasteiger partial charge in [-0.05, 0) is 35.9 Å². The largest absolute Gasteiger partial charge is 0.491 e. The highest BCUT2D eigenvalue weighted by molar-refractivity contribution is 5.94. The van der Waals surface area contributed by atoms with Gasteiger partial charge in [0, 0.05) is 36.1 Å². The molecule has 0 amide bonds. The van der Waals surface area contributed by atoms with Gasteiger partial charge in [0.1, 0.15) is 11.3 Å². The van der Waals surface area contributed by atoms with Crippen molar-refractivity contribution in [3.05, 3.63) is 60.6 Å². The van der Waals surface area contributed by atoms with Crippen molar-refractivity contribution >= 4 is 16.6 Å². The van der Waals surface area contributed by atoms with Crippen molar-refractivity contribution in [3.8, 4) is 5.75 Å². The second-order valence-corrected chi connectivity index (χ2v) is 4.51. The first kappa shape index (κ1) is 12.4. The zero-order valence-electron chi connectivity index (χ0n) is 11.0. The highest BCUT2D eigenvalue weighted by Gasteiger charge is 2.06. The fraction of sp³-hybridized carbons (Fsp3) is 0.125. The molecule has 4 nitrogen and oxygen atoms in total. The summed E-state index contributed by atoms with van der Waals surface area (Å²) in [5.41, 5.74) is 8.61. The summed E-state index contributed by atoms with van der Waals surface area (Å²) in [6.07, 6.45) is 6.17. The molecule has 0 unspecified atom stereocenters. The molecule has 0 radical (unpaired) electrons. The van der Waals surface area contributed by atoms with Crippen LogP contribution in [0, 0.1) is 0 Å². The van der Waals surface area contributed by atoms with Crippen molar-refractivity contribution in [2.45, 2.75) is 6.42 Å². The Kier molecular flexibility index (Phi) is 3.46. The molecule has 0 aliphatic heterocycles. The van der Waals surface area contributed by atoms with Crippen molar-refractivity contribution in [2.24, 2.45) is 0 Å². The number of benzene rings is 1. The SMILES string of the molecule is Nc1ccc(OCCc2cccnc2)c2ncccc12. The number of ether oxygens (including phenoxy) is 1. The standard InChI is InChI=1S/C16H15N3O/c17-14-5-6-15(16-13(14)4-2-9-19-16)20-10-7-12-3-1-8-18-11-12/h1-6,8-9,11H,7,10,17H2. The summed E-state index contributed by atoms with van der Waals surface area (Å²) in [6, 6.07) is 11.5. The highest BCUT2D eigenvalue weighted by Crippen LogP contribution is 2.28. The van der Waals surface area contributed by atoms with Gasteiger partial charge in [-0.3, -0.25) is 9.97 Å². The zero-order valence-corrected chi connectivity index (χ0v) is 11.0. The number of anilines is 1. The maximum atomic E-state index is 5.94. The van der Waals surface area contributed by atoms with E-state index in [2.05, 4.69) is 9.97 Å². The Hall–Kier alpha value is -2.62. The quantitative estimate of drug-likeness (QED) is 0.737. The van der Waals surface area contributed by atoms with E-state index in [-0.39, 0.29) is 0 Å². The van der Waals surface area contributed by atoms with E-state index >= 15 is 0 Å². The topological polar surface area (TPSA) is 61.0 Å². The summed E-state index contributed by atoms with van der Waals surface area (Å²) in [4.78, 5) is 8.44. The van der Waals surface area contributed by atoms with E-state index in [1.807, 2.05) is 42.6 Å². The molecule has 2 N–H and O–H groups in total. The van der Waals surface area contributed by atoms with Crippen LogP contribution in [0.5, 0.6) is 5.75 Å². The van der Waals surface area contributed by atoms with Crippen LogP contribution in [0.3, 0.4) is 0 Å². The Labute approximate surface area is 117 Å². The van der Waals surface area contributed by atoms with Crippen LogP contribution in [0.4, 0.5) is 5.69 Å². The van der Waals surface area contributed by atoms with Gasteiger partial charge in [0.05, 0.1) is 6.61 Å². The molecular weight excluding hydrogens is 250 g/mol. The fourth-order valence-electron chi connectivity index (χ4n) is 2.11. The summed E-state index contributed by atoms with van der Waals surface area (Å²) in [6.45, 7) is 0.585. The van der Waals surface area contributed by atoms with Crippen molar-refractivity contribution in [1.29, 1.82) is 0 Å². The van der Waals surface area contributed by atoms with Gasteiger partial charge in [0.25, 0.3) is 0 Å². The summed E-state index contributed by atoms with van der Waals surface area (Å²) in [5, 5.41) is 0.923. The van der Waals surface area contributed by atoms with Gasteiger partial charge in [-0.15, -0.1) is 0 Å². The van der Waals surface area contributed by atoms with E-state index in [0.717, 1.165) is 28.6 Å². The van der Waals surface area contributed by atoms with E-state index in [9.17, 15) is 0 Å². The molecule has 0 aliphatic carbocycles. The monoisotopic (exact) mass is 265 g/mol. The van der Waals surface area contributed by atoms with Gasteiger partial charge in [0.2, 0.25) is 0 Å². The molecule has 3 aromatic rings. The number of aromatic nitrogens is 2. The molecule has 100 valence electrons. The predicted octanol–water partition coefficient (Wildman–Crippen LogP) is 2.83. The van der Waals surface area contributed by atoms with Crippen LogP contribution in [0.25, 0.3) is 10.9 Å². The zero-order chi connectivity index (χ0) is 13.8. The first-order valence-corrected chi connectivity index (χ1v) is 6.49. The lowest BCUT2D eigenvalue weighted by Gasteiger charge is -2.10. The average Bonchev–Trinajstić information content (AvgIpc) is 2.51. The second-order valence-electron chi connectivity index (χ2n) is 4.51. The van der Waals surface area contributed by atoms with Gasteiger partial charge in [-0.25, -0.2) is 0 Å². The minimum absolute atomic E-state index is 0.585. The van der Waals surface area contributed by atoms with E-state index < -0.39 is 0 Å². The molecule has 1 aromatic carbocycles. The minimum atomic E-state index is 0.585. The molecule has 0 saturated heterocycles. The van der Waals surface area contributed by atoms with Crippen LogP contribution >= 0.6 is 0 Å². The molecule has 3 rings (SSSR count). The summed E-state index contributed by atoms with van der Waals surface area (Å²) >= 11 is 0. The Morgan fingerprint density at radius 1 is 1.05 bits per heavy atom. The second kappa shape index (κ2) is 5.57. The molecule has 20 heavy (non-hydrogen) atoms. The Balaban J connectivity index is 1.77. The number of fused-ring (bicyclic) bond motifs is 1. The molecule has 0 fully saturated rings. The van der Waals surface area contributed by atoms with Gasteiger partial charge >= 0.3 is 0 Å². The van der Waals surface area contributed by atoms with Crippen LogP contribution in [-0.4, -0.2) is 16.6 Å². The van der Waals surface area contributed by atoms with Crippen LogP contribution in [-0.2, 0) is 6.42 Å². The Morgan fingerprint density at radius 3 is 2.80 bits per heavy atom. The number of nitrogens with two attached hydrogens (primary N) is 1. The molecule has 4 heteroatoms. The molecule has 0 aliphatic rings. The van der Waals surface area contributed by atoms with Gasteiger partial charge in [-0.1, -0.05) is 6.07 Å². The predicted molar refractivity (Wildman–Crippen MR) is 79.6 cm³/mol. The normalized spacial score (nSPS) is 10.6. The van der Waals surface area contributed by atoms with E-state index in [1.54, 1.807) is 12.4 Å². The third-order valence-electron chi connectivity index (χ3n) is 3.14. The third-order valence-corrected chi connectivity index (χ3v) is 3.14. The summed E-state index contributed by atoms with van der Waals surface area (Å²) < 4.78 is 5.83. The van der Waals surface area contributed by atoms with E-state index in [0.29, 0.717) is 12.3 Å². The molecule has 0 spiro atoms. The van der Waals surface area contributed by atoms with Crippen LogP contribution in [0.2, 0.25) is 0 Å². The number of pyridine rings is 2. The molecule has 0 bridgehead atoms. The minimum Gasteiger partial charge on any atom is -0.491 e. The lowest BCUT2D eigenvalue weighted by atomic mass is 10.1. The maximum Gasteiger partial charge on any atom is 0.145 e. The first-order chi connectivity index (χ1) is 9.84. The van der Waals surface area contributed by atoms with Gasteiger partial charge < -0.3 is 10.5 Å². The smallest absolute Gasteiger partial charge is 0.145 e. The third kappa shape index (κ3) is 2.54. The maximum absolute atomic E-state index is 5.94. The molecular formula is C16H15N3O. The Morgan fingerprint density at radius 2 is 1.95 bits per heavy atom. The molecule has 2 heterocycles. The molecule has 0 atom stereocenters. The van der Waals surface area contributed by atoms with E-state index in [1.165, 1.54) is 0 Å². The van der Waals surface area contributed by atoms with Gasteiger partial charge in [-0.2, -0.15) is 0 Å². The lowest BCUT2D eigenvalue weighted by molar-refractivity contribution is 0.325. The van der Waals surface area contributed by atoms with Crippen LogP contribution in [0.1, 0.15) is 5.56 Å². The molecule has 2 aromatic heterocycles. The molecule has 0 saturated carbocycles. The van der Waals surface area contributed by atoms with Crippen LogP contribution < -0.4 is 10.5 Å².